The lowest BCUT2D eigenvalue weighted by molar-refractivity contribution is -0.137. The summed E-state index contributed by atoms with van der Waals surface area (Å²) in [5, 5.41) is 7.74. The van der Waals surface area contributed by atoms with Gasteiger partial charge in [-0.3, -0.25) is 9.52 Å². The second-order valence-electron chi connectivity index (χ2n) is 4.23. The van der Waals surface area contributed by atoms with Gasteiger partial charge in [-0.1, -0.05) is 51.2 Å². The molecule has 0 aliphatic rings. The highest BCUT2D eigenvalue weighted by Gasteiger charge is 2.15. The van der Waals surface area contributed by atoms with Crippen LogP contribution in [0.15, 0.2) is 33.1 Å². The molecule has 1 aromatic heterocycles. The van der Waals surface area contributed by atoms with E-state index in [1.807, 2.05) is 0 Å². The number of nitrogens with zero attached hydrogens (tertiary/aromatic N) is 2. The number of carbonyl (C=O) groups is 1. The Morgan fingerprint density at radius 3 is 2.70 bits per heavy atom. The van der Waals surface area contributed by atoms with Crippen LogP contribution < -0.4 is 4.72 Å². The second-order valence-corrected chi connectivity index (χ2v) is 9.06. The number of esters is 1. The van der Waals surface area contributed by atoms with E-state index in [-0.39, 0.29) is 22.6 Å². The number of hydrogen-bond acceptors (Lipinski definition) is 8. The van der Waals surface area contributed by atoms with Crippen molar-refractivity contribution in [2.75, 3.05) is 17.6 Å². The van der Waals surface area contributed by atoms with Crippen molar-refractivity contribution < 1.29 is 17.9 Å². The number of aromatic nitrogens is 2. The van der Waals surface area contributed by atoms with E-state index in [1.54, 1.807) is 24.3 Å². The minimum atomic E-state index is -3.58. The molecule has 1 heterocycles. The molecule has 11 heteroatoms. The number of anilines is 1. The maximum atomic E-state index is 12.1. The summed E-state index contributed by atoms with van der Waals surface area (Å²) in [7, 11) is -2.29. The number of ether oxygens (including phenoxy) is 1. The van der Waals surface area contributed by atoms with Gasteiger partial charge in [-0.05, 0) is 17.7 Å². The molecule has 1 aromatic carbocycles. The molecular formula is C12H12BrN3O4S3. The van der Waals surface area contributed by atoms with Crippen LogP contribution in [0.2, 0.25) is 0 Å². The monoisotopic (exact) mass is 437 g/mol. The van der Waals surface area contributed by atoms with Crippen LogP contribution in [0.3, 0.4) is 0 Å². The van der Waals surface area contributed by atoms with Crippen LogP contribution in [0.25, 0.3) is 0 Å². The fourth-order valence-corrected chi connectivity index (χ4v) is 4.72. The van der Waals surface area contributed by atoms with Gasteiger partial charge in [0.1, 0.15) is 0 Å². The Balaban J connectivity index is 1.96. The zero-order chi connectivity index (χ0) is 16.9. The fourth-order valence-electron chi connectivity index (χ4n) is 1.46. The lowest BCUT2D eigenvalue weighted by atomic mass is 10.2. The molecule has 0 aliphatic carbocycles. The van der Waals surface area contributed by atoms with E-state index in [9.17, 15) is 13.2 Å². The molecule has 0 fully saturated rings. The summed E-state index contributed by atoms with van der Waals surface area (Å²) in [6, 6.07) is 7.00. The molecular weight excluding hydrogens is 426 g/mol. The van der Waals surface area contributed by atoms with Crippen molar-refractivity contribution >= 4 is 60.2 Å². The lowest BCUT2D eigenvalue weighted by Crippen LogP contribution is -2.14. The SMILES string of the molecule is COC(=O)CSc1nnc(NS(=O)(=O)Cc2ccc(Br)cc2)s1. The van der Waals surface area contributed by atoms with Crippen LogP contribution >= 0.6 is 39.0 Å². The number of carbonyl (C=O) groups excluding carboxylic acids is 1. The van der Waals surface area contributed by atoms with E-state index in [1.165, 1.54) is 7.11 Å². The Hall–Kier alpha value is -1.17. The van der Waals surface area contributed by atoms with Crippen LogP contribution in [-0.4, -0.2) is 37.4 Å². The molecule has 23 heavy (non-hydrogen) atoms. The zero-order valence-corrected chi connectivity index (χ0v) is 15.9. The molecule has 0 radical (unpaired) electrons. The van der Waals surface area contributed by atoms with Crippen molar-refractivity contribution in [3.05, 3.63) is 34.3 Å². The first kappa shape index (κ1) is 18.2. The zero-order valence-electron chi connectivity index (χ0n) is 11.9. The highest BCUT2D eigenvalue weighted by Crippen LogP contribution is 2.26. The predicted molar refractivity (Wildman–Crippen MR) is 93.0 cm³/mol. The van der Waals surface area contributed by atoms with Gasteiger partial charge in [-0.25, -0.2) is 8.42 Å². The van der Waals surface area contributed by atoms with Crippen LogP contribution in [0, 0.1) is 0 Å². The third kappa shape index (κ3) is 6.09. The molecule has 0 bridgehead atoms. The summed E-state index contributed by atoms with van der Waals surface area (Å²) in [6.07, 6.45) is 0. The Labute approximate surface area is 150 Å². The van der Waals surface area contributed by atoms with Gasteiger partial charge < -0.3 is 4.74 Å². The van der Waals surface area contributed by atoms with Crippen molar-refractivity contribution in [3.63, 3.8) is 0 Å². The first-order valence-corrected chi connectivity index (χ1v) is 10.4. The molecule has 0 spiro atoms. The minimum absolute atomic E-state index is 0.0940. The van der Waals surface area contributed by atoms with E-state index >= 15 is 0 Å². The summed E-state index contributed by atoms with van der Waals surface area (Å²) in [4.78, 5) is 11.0. The molecule has 2 aromatic rings. The van der Waals surface area contributed by atoms with E-state index < -0.39 is 10.0 Å². The standard InChI is InChI=1S/C12H12BrN3O4S3/c1-20-10(17)6-21-12-15-14-11(22-12)16-23(18,19)7-8-2-4-9(13)5-3-8/h2-5H,6-7H2,1H3,(H,14,16). The molecule has 1 N–H and O–H groups in total. The second kappa shape index (κ2) is 8.08. The number of halogens is 1. The highest BCUT2D eigenvalue weighted by atomic mass is 79.9. The summed E-state index contributed by atoms with van der Waals surface area (Å²) in [5.41, 5.74) is 0.658. The highest BCUT2D eigenvalue weighted by molar-refractivity contribution is 9.10. The number of methoxy groups -OCH3 is 1. The summed E-state index contributed by atoms with van der Waals surface area (Å²) < 4.78 is 32.5. The molecule has 0 unspecified atom stereocenters. The number of benzene rings is 1. The van der Waals surface area contributed by atoms with Crippen molar-refractivity contribution in [1.82, 2.24) is 10.2 Å². The molecule has 124 valence electrons. The minimum Gasteiger partial charge on any atom is -0.468 e. The number of nitrogens with one attached hydrogen (secondary N) is 1. The van der Waals surface area contributed by atoms with Gasteiger partial charge in [0.2, 0.25) is 15.2 Å². The lowest BCUT2D eigenvalue weighted by Gasteiger charge is -2.04. The van der Waals surface area contributed by atoms with Gasteiger partial charge in [0, 0.05) is 4.47 Å². The van der Waals surface area contributed by atoms with Crippen LogP contribution in [0.5, 0.6) is 0 Å². The van der Waals surface area contributed by atoms with Crippen molar-refractivity contribution in [2.45, 2.75) is 10.1 Å². The van der Waals surface area contributed by atoms with E-state index in [4.69, 9.17) is 0 Å². The van der Waals surface area contributed by atoms with Crippen molar-refractivity contribution in [2.24, 2.45) is 0 Å². The van der Waals surface area contributed by atoms with Crippen LogP contribution in [-0.2, 0) is 25.3 Å². The van der Waals surface area contributed by atoms with Gasteiger partial charge in [-0.2, -0.15) is 0 Å². The largest absolute Gasteiger partial charge is 0.468 e. The molecule has 0 atom stereocenters. The molecule has 2 rings (SSSR count). The van der Waals surface area contributed by atoms with Gasteiger partial charge >= 0.3 is 5.97 Å². The van der Waals surface area contributed by atoms with Gasteiger partial charge in [0.25, 0.3) is 0 Å². The average Bonchev–Trinajstić information content (AvgIpc) is 2.93. The van der Waals surface area contributed by atoms with Gasteiger partial charge in [0.05, 0.1) is 18.6 Å². The smallest absolute Gasteiger partial charge is 0.316 e. The number of thioether (sulfide) groups is 1. The molecule has 0 saturated heterocycles. The van der Waals surface area contributed by atoms with Crippen LogP contribution in [0.1, 0.15) is 5.56 Å². The fraction of sp³-hybridized carbons (Fsp3) is 0.250. The quantitative estimate of drug-likeness (QED) is 0.524. The Kier molecular flexibility index (Phi) is 6.39. The third-order valence-corrected chi connectivity index (χ3v) is 6.28. The Morgan fingerprint density at radius 2 is 2.04 bits per heavy atom. The predicted octanol–water partition coefficient (Wildman–Crippen LogP) is 2.51. The summed E-state index contributed by atoms with van der Waals surface area (Å²) >= 11 is 5.49. The maximum absolute atomic E-state index is 12.1. The van der Waals surface area contributed by atoms with Crippen molar-refractivity contribution in [3.8, 4) is 0 Å². The van der Waals surface area contributed by atoms with E-state index in [2.05, 4.69) is 35.6 Å². The van der Waals surface area contributed by atoms with E-state index in [0.29, 0.717) is 9.90 Å². The summed E-state index contributed by atoms with van der Waals surface area (Å²) in [6.45, 7) is 0. The first-order valence-electron chi connectivity index (χ1n) is 6.16. The van der Waals surface area contributed by atoms with Crippen LogP contribution in [0.4, 0.5) is 5.13 Å². The Morgan fingerprint density at radius 1 is 1.35 bits per heavy atom. The average molecular weight is 438 g/mol. The molecule has 0 saturated carbocycles. The normalized spacial score (nSPS) is 11.2. The summed E-state index contributed by atoms with van der Waals surface area (Å²) in [5.74, 6) is -0.455. The molecule has 7 nitrogen and oxygen atoms in total. The first-order chi connectivity index (χ1) is 10.9. The number of hydrogen-bond donors (Lipinski definition) is 1. The molecule has 0 aliphatic heterocycles. The Bertz CT molecular complexity index is 777. The molecule has 0 amide bonds. The van der Waals surface area contributed by atoms with Crippen molar-refractivity contribution in [1.29, 1.82) is 0 Å². The maximum Gasteiger partial charge on any atom is 0.316 e. The number of sulfonamides is 1. The van der Waals surface area contributed by atoms with Gasteiger partial charge in [-0.15, -0.1) is 10.2 Å². The third-order valence-electron chi connectivity index (χ3n) is 2.46. The van der Waals surface area contributed by atoms with E-state index in [0.717, 1.165) is 27.6 Å². The number of rotatable bonds is 7. The van der Waals surface area contributed by atoms with Gasteiger partial charge in [0.15, 0.2) is 4.34 Å². The topological polar surface area (TPSA) is 98.2 Å².